The van der Waals surface area contributed by atoms with E-state index in [1.807, 2.05) is 0 Å². The topological polar surface area (TPSA) is 68.3 Å². The van der Waals surface area contributed by atoms with Crippen LogP contribution in [0.25, 0.3) is 0 Å². The maximum atomic E-state index is 11.7. The van der Waals surface area contributed by atoms with Crippen LogP contribution >= 0.6 is 0 Å². The fraction of sp³-hybridized carbons (Fsp3) is 0.385. The standard InChI is InChI=1S/C13H16O4S/c1-11(14)7-9-18(16,17)10-8-13(15)12-5-3-2-4-6-12/h2-6H,7-10H2,1H3. The molecule has 0 atom stereocenters. The van der Waals surface area contributed by atoms with Crippen LogP contribution < -0.4 is 0 Å². The third kappa shape index (κ3) is 5.23. The number of hydrogen-bond acceptors (Lipinski definition) is 4. The summed E-state index contributed by atoms with van der Waals surface area (Å²) in [7, 11) is -3.32. The molecule has 98 valence electrons. The molecule has 0 amide bonds. The Kier molecular flexibility index (Phi) is 5.22. The Morgan fingerprint density at radius 3 is 2.11 bits per heavy atom. The molecule has 0 bridgehead atoms. The molecular formula is C13H16O4S. The molecule has 0 heterocycles. The normalized spacial score (nSPS) is 11.2. The van der Waals surface area contributed by atoms with Crippen LogP contribution in [0.3, 0.4) is 0 Å². The Labute approximate surface area is 107 Å². The molecule has 1 aromatic carbocycles. The molecular weight excluding hydrogens is 252 g/mol. The average molecular weight is 268 g/mol. The molecule has 0 aromatic heterocycles. The zero-order valence-electron chi connectivity index (χ0n) is 10.3. The number of hydrogen-bond donors (Lipinski definition) is 0. The first-order valence-corrected chi connectivity index (χ1v) is 7.51. The molecule has 0 N–H and O–H groups in total. The minimum Gasteiger partial charge on any atom is -0.300 e. The van der Waals surface area contributed by atoms with E-state index in [1.165, 1.54) is 6.92 Å². The fourth-order valence-electron chi connectivity index (χ4n) is 1.42. The predicted octanol–water partition coefficient (Wildman–Crippen LogP) is 1.65. The van der Waals surface area contributed by atoms with Gasteiger partial charge in [0, 0.05) is 18.4 Å². The number of carbonyl (C=O) groups excluding carboxylic acids is 2. The quantitative estimate of drug-likeness (QED) is 0.705. The number of benzene rings is 1. The molecule has 18 heavy (non-hydrogen) atoms. The van der Waals surface area contributed by atoms with E-state index in [4.69, 9.17) is 0 Å². The molecule has 0 saturated heterocycles. The lowest BCUT2D eigenvalue weighted by atomic mass is 10.1. The maximum absolute atomic E-state index is 11.7. The van der Waals surface area contributed by atoms with Crippen LogP contribution in [0.15, 0.2) is 30.3 Å². The second-order valence-corrected chi connectivity index (χ2v) is 6.45. The first-order valence-electron chi connectivity index (χ1n) is 5.69. The smallest absolute Gasteiger partial charge is 0.163 e. The van der Waals surface area contributed by atoms with Crippen LogP contribution in [-0.4, -0.2) is 31.5 Å². The van der Waals surface area contributed by atoms with Gasteiger partial charge in [-0.25, -0.2) is 8.42 Å². The minimum absolute atomic E-state index is 0.0157. The van der Waals surface area contributed by atoms with Gasteiger partial charge in [0.05, 0.1) is 11.5 Å². The lowest BCUT2D eigenvalue weighted by Crippen LogP contribution is -2.16. The highest BCUT2D eigenvalue weighted by molar-refractivity contribution is 7.91. The highest BCUT2D eigenvalue weighted by Gasteiger charge is 2.15. The molecule has 1 aromatic rings. The molecule has 0 aliphatic rings. The molecule has 0 unspecified atom stereocenters. The van der Waals surface area contributed by atoms with Crippen molar-refractivity contribution >= 4 is 21.4 Å². The second-order valence-electron chi connectivity index (χ2n) is 4.14. The summed E-state index contributed by atoms with van der Waals surface area (Å²) >= 11 is 0. The van der Waals surface area contributed by atoms with E-state index in [2.05, 4.69) is 0 Å². The molecule has 4 nitrogen and oxygen atoms in total. The van der Waals surface area contributed by atoms with Crippen molar-refractivity contribution in [3.05, 3.63) is 35.9 Å². The average Bonchev–Trinajstić information content (AvgIpc) is 2.35. The summed E-state index contributed by atoms with van der Waals surface area (Å²) < 4.78 is 23.1. The molecule has 1 rings (SSSR count). The number of rotatable bonds is 7. The summed E-state index contributed by atoms with van der Waals surface area (Å²) in [6, 6.07) is 8.57. The van der Waals surface area contributed by atoms with Crippen molar-refractivity contribution in [3.8, 4) is 0 Å². The third-order valence-corrected chi connectivity index (χ3v) is 4.15. The van der Waals surface area contributed by atoms with Crippen molar-refractivity contribution in [2.24, 2.45) is 0 Å². The summed E-state index contributed by atoms with van der Waals surface area (Å²) in [5.41, 5.74) is 0.513. The zero-order chi connectivity index (χ0) is 13.6. The van der Waals surface area contributed by atoms with Crippen molar-refractivity contribution in [3.63, 3.8) is 0 Å². The van der Waals surface area contributed by atoms with Crippen LogP contribution in [0.1, 0.15) is 30.1 Å². The van der Waals surface area contributed by atoms with Gasteiger partial charge in [-0.2, -0.15) is 0 Å². The number of ketones is 2. The van der Waals surface area contributed by atoms with Crippen LogP contribution in [0.2, 0.25) is 0 Å². The third-order valence-electron chi connectivity index (χ3n) is 2.50. The van der Waals surface area contributed by atoms with Crippen molar-refractivity contribution in [1.82, 2.24) is 0 Å². The van der Waals surface area contributed by atoms with Crippen molar-refractivity contribution in [1.29, 1.82) is 0 Å². The van der Waals surface area contributed by atoms with E-state index >= 15 is 0 Å². The minimum atomic E-state index is -3.32. The summed E-state index contributed by atoms with van der Waals surface area (Å²) in [5, 5.41) is 0. The molecule has 0 radical (unpaired) electrons. The lowest BCUT2D eigenvalue weighted by molar-refractivity contribution is -0.116. The van der Waals surface area contributed by atoms with Gasteiger partial charge in [0.25, 0.3) is 0 Å². The Bertz CT molecular complexity index is 517. The fourth-order valence-corrected chi connectivity index (χ4v) is 2.72. The Morgan fingerprint density at radius 1 is 1.00 bits per heavy atom. The van der Waals surface area contributed by atoms with Crippen LogP contribution in [0.5, 0.6) is 0 Å². The van der Waals surface area contributed by atoms with Gasteiger partial charge in [-0.05, 0) is 6.92 Å². The summed E-state index contributed by atoms with van der Waals surface area (Å²) in [6.45, 7) is 1.35. The van der Waals surface area contributed by atoms with Crippen LogP contribution in [-0.2, 0) is 14.6 Å². The Balaban J connectivity index is 2.50. The summed E-state index contributed by atoms with van der Waals surface area (Å²) in [5.74, 6) is -0.728. The predicted molar refractivity (Wildman–Crippen MR) is 69.3 cm³/mol. The SMILES string of the molecule is CC(=O)CCS(=O)(=O)CCC(=O)c1ccccc1. The van der Waals surface area contributed by atoms with Crippen molar-refractivity contribution < 1.29 is 18.0 Å². The van der Waals surface area contributed by atoms with Crippen LogP contribution in [0.4, 0.5) is 0 Å². The van der Waals surface area contributed by atoms with E-state index in [-0.39, 0.29) is 35.9 Å². The summed E-state index contributed by atoms with van der Waals surface area (Å²) in [4.78, 5) is 22.4. The summed E-state index contributed by atoms with van der Waals surface area (Å²) in [6.07, 6.45) is -0.0217. The largest absolute Gasteiger partial charge is 0.300 e. The maximum Gasteiger partial charge on any atom is 0.163 e. The first-order chi connectivity index (χ1) is 8.41. The molecule has 5 heteroatoms. The highest BCUT2D eigenvalue weighted by Crippen LogP contribution is 2.05. The van der Waals surface area contributed by atoms with E-state index in [0.29, 0.717) is 5.56 Å². The van der Waals surface area contributed by atoms with Gasteiger partial charge in [0.15, 0.2) is 15.6 Å². The number of sulfone groups is 1. The van der Waals surface area contributed by atoms with Crippen molar-refractivity contribution in [2.75, 3.05) is 11.5 Å². The van der Waals surface area contributed by atoms with Gasteiger partial charge in [-0.15, -0.1) is 0 Å². The van der Waals surface area contributed by atoms with E-state index in [1.54, 1.807) is 30.3 Å². The van der Waals surface area contributed by atoms with Gasteiger partial charge in [0.1, 0.15) is 5.78 Å². The Morgan fingerprint density at radius 2 is 1.56 bits per heavy atom. The Hall–Kier alpha value is -1.49. The molecule has 0 saturated carbocycles. The van der Waals surface area contributed by atoms with E-state index < -0.39 is 9.84 Å². The molecule has 0 aliphatic heterocycles. The van der Waals surface area contributed by atoms with E-state index in [9.17, 15) is 18.0 Å². The van der Waals surface area contributed by atoms with Crippen molar-refractivity contribution in [2.45, 2.75) is 19.8 Å². The van der Waals surface area contributed by atoms with Gasteiger partial charge >= 0.3 is 0 Å². The lowest BCUT2D eigenvalue weighted by Gasteiger charge is -2.03. The molecule has 0 spiro atoms. The van der Waals surface area contributed by atoms with Crippen LogP contribution in [0, 0.1) is 0 Å². The zero-order valence-corrected chi connectivity index (χ0v) is 11.1. The monoisotopic (exact) mass is 268 g/mol. The van der Waals surface area contributed by atoms with E-state index in [0.717, 1.165) is 0 Å². The first kappa shape index (κ1) is 14.6. The van der Waals surface area contributed by atoms with Gasteiger partial charge in [0.2, 0.25) is 0 Å². The highest BCUT2D eigenvalue weighted by atomic mass is 32.2. The number of carbonyl (C=O) groups is 2. The number of Topliss-reactive ketones (excluding diaryl/α,β-unsaturated/α-hetero) is 2. The molecule has 0 aliphatic carbocycles. The second kappa shape index (κ2) is 6.44. The van der Waals surface area contributed by atoms with Gasteiger partial charge in [-0.1, -0.05) is 30.3 Å². The van der Waals surface area contributed by atoms with Gasteiger partial charge < -0.3 is 0 Å². The molecule has 0 fully saturated rings. The van der Waals surface area contributed by atoms with Gasteiger partial charge in [-0.3, -0.25) is 9.59 Å².